The van der Waals surface area contributed by atoms with Gasteiger partial charge in [0.2, 0.25) is 0 Å². The lowest BCUT2D eigenvalue weighted by atomic mass is 9.84. The van der Waals surface area contributed by atoms with Crippen LogP contribution in [0.25, 0.3) is 71.6 Å². The lowest BCUT2D eigenvalue weighted by Gasteiger charge is -2.21. The summed E-state index contributed by atoms with van der Waals surface area (Å²) in [5, 5.41) is 9.54. The van der Waals surface area contributed by atoms with Gasteiger partial charge < -0.3 is 4.57 Å². The molecule has 1 fully saturated rings. The lowest BCUT2D eigenvalue weighted by Crippen LogP contribution is -2.12. The number of nitrogens with zero attached hydrogens (tertiary/aromatic N) is 1. The molecule has 7 aromatic rings. The van der Waals surface area contributed by atoms with Crippen LogP contribution < -0.4 is 0 Å². The van der Waals surface area contributed by atoms with Crippen molar-refractivity contribution in [2.75, 3.05) is 0 Å². The van der Waals surface area contributed by atoms with E-state index in [4.69, 9.17) is 0 Å². The van der Waals surface area contributed by atoms with E-state index in [0.717, 1.165) is 31.2 Å². The smallest absolute Gasteiger partial charge is 0.0488 e. The molecular weight excluding hydrogens is 603 g/mol. The highest BCUT2D eigenvalue weighted by molar-refractivity contribution is 6.27. The number of hydrogen-bond donors (Lipinski definition) is 0. The van der Waals surface area contributed by atoms with Crippen molar-refractivity contribution in [2.24, 2.45) is 17.8 Å². The molecule has 0 aliphatic heterocycles. The largest absolute Gasteiger partial charge is 0.340 e. The number of fused-ring (bicyclic) bond motifs is 5. The van der Waals surface area contributed by atoms with E-state index >= 15 is 0 Å². The van der Waals surface area contributed by atoms with E-state index in [-0.39, 0.29) is 0 Å². The normalized spacial score (nSPS) is 22.3. The van der Waals surface area contributed by atoms with Crippen molar-refractivity contribution in [3.63, 3.8) is 0 Å². The maximum Gasteiger partial charge on any atom is 0.0488 e. The van der Waals surface area contributed by atoms with Crippen molar-refractivity contribution in [1.29, 1.82) is 0 Å². The molecule has 50 heavy (non-hydrogen) atoms. The molecule has 0 saturated heterocycles. The van der Waals surface area contributed by atoms with Crippen LogP contribution in [-0.2, 0) is 6.54 Å². The molecule has 240 valence electrons. The Morgan fingerprint density at radius 3 is 2.30 bits per heavy atom. The van der Waals surface area contributed by atoms with E-state index in [0.29, 0.717) is 11.8 Å². The summed E-state index contributed by atoms with van der Waals surface area (Å²) in [6.07, 6.45) is 22.5. The highest BCUT2D eigenvalue weighted by Gasteiger charge is 2.42. The third-order valence-corrected chi connectivity index (χ3v) is 12.3. The summed E-state index contributed by atoms with van der Waals surface area (Å²) in [5.74, 6) is 2.50. The minimum Gasteiger partial charge on any atom is -0.340 e. The second-order valence-corrected chi connectivity index (χ2v) is 15.2. The summed E-state index contributed by atoms with van der Waals surface area (Å²) in [4.78, 5) is 0. The fourth-order valence-electron chi connectivity index (χ4n) is 9.62. The molecule has 1 aromatic heterocycles. The molecule has 4 aliphatic carbocycles. The van der Waals surface area contributed by atoms with E-state index in [2.05, 4.69) is 157 Å². The second-order valence-electron chi connectivity index (χ2n) is 15.2. The first-order valence-corrected chi connectivity index (χ1v) is 18.6. The van der Waals surface area contributed by atoms with E-state index in [1.807, 2.05) is 0 Å². The maximum absolute atomic E-state index is 2.61. The van der Waals surface area contributed by atoms with E-state index in [9.17, 15) is 0 Å². The van der Waals surface area contributed by atoms with E-state index < -0.39 is 0 Å². The number of benzene rings is 6. The fourth-order valence-corrected chi connectivity index (χ4v) is 9.62. The zero-order valence-electron chi connectivity index (χ0n) is 28.4. The molecule has 1 heterocycles. The van der Waals surface area contributed by atoms with Crippen molar-refractivity contribution in [2.45, 2.75) is 38.6 Å². The third-order valence-electron chi connectivity index (χ3n) is 12.3. The Morgan fingerprint density at radius 1 is 0.700 bits per heavy atom. The lowest BCUT2D eigenvalue weighted by molar-refractivity contribution is 0.541. The molecular formula is C49H39N. The Kier molecular flexibility index (Phi) is 6.14. The van der Waals surface area contributed by atoms with Crippen LogP contribution in [0.3, 0.4) is 0 Å². The number of allylic oxidation sites excluding steroid dienone is 9. The van der Waals surface area contributed by atoms with Crippen LogP contribution in [-0.4, -0.2) is 4.57 Å². The van der Waals surface area contributed by atoms with Gasteiger partial charge in [0.1, 0.15) is 0 Å². The van der Waals surface area contributed by atoms with Crippen LogP contribution in [0, 0.1) is 17.8 Å². The summed E-state index contributed by atoms with van der Waals surface area (Å²) in [7, 11) is 0. The molecule has 1 heteroatoms. The summed E-state index contributed by atoms with van der Waals surface area (Å²) in [6.45, 7) is 3.36. The monoisotopic (exact) mass is 641 g/mol. The van der Waals surface area contributed by atoms with Gasteiger partial charge in [0.05, 0.1) is 0 Å². The summed E-state index contributed by atoms with van der Waals surface area (Å²) in [6, 6.07) is 37.0. The van der Waals surface area contributed by atoms with Crippen LogP contribution >= 0.6 is 0 Å². The van der Waals surface area contributed by atoms with Gasteiger partial charge in [-0.15, -0.1) is 0 Å². The van der Waals surface area contributed by atoms with Crippen molar-refractivity contribution >= 4 is 60.4 Å². The molecule has 0 amide bonds. The van der Waals surface area contributed by atoms with Gasteiger partial charge in [-0.3, -0.25) is 0 Å². The Labute approximate surface area is 293 Å². The number of hydrogen-bond acceptors (Lipinski definition) is 0. The SMILES string of the molecule is CC1CC=CC=C1c1cccc(-c2ccc3ccc4c(C5=CCC(Cn6c7c(c8ccccc86)C6CC6C=C7)C=C5)ccc5ccc2c3c54)c1. The Morgan fingerprint density at radius 2 is 1.48 bits per heavy atom. The molecule has 4 atom stereocenters. The second kappa shape index (κ2) is 10.8. The molecule has 0 bridgehead atoms. The van der Waals surface area contributed by atoms with Gasteiger partial charge in [0.25, 0.3) is 0 Å². The molecule has 0 N–H and O–H groups in total. The zero-order chi connectivity index (χ0) is 32.9. The predicted octanol–water partition coefficient (Wildman–Crippen LogP) is 13.0. The van der Waals surface area contributed by atoms with Gasteiger partial charge in [-0.2, -0.15) is 0 Å². The van der Waals surface area contributed by atoms with Gasteiger partial charge in [0, 0.05) is 23.1 Å². The summed E-state index contributed by atoms with van der Waals surface area (Å²) < 4.78 is 2.61. The standard InChI is InChI=1S/C49H39N/c1-30-7-2-3-10-38(30)35-8-6-9-36(27-35)40-23-18-34-19-24-41-39(22-17-33-20-25-42(40)48(34)47(33)41)32-15-13-31(14-16-32)29-50-45-12-5-4-11-43(45)49-44-28-37(44)21-26-46(49)50/h2-6,8-13,15-27,30-31,37,44H,7,14,28-29H2,1H3. The summed E-state index contributed by atoms with van der Waals surface area (Å²) in [5.41, 5.74) is 12.5. The van der Waals surface area contributed by atoms with E-state index in [1.54, 1.807) is 5.56 Å². The van der Waals surface area contributed by atoms with Gasteiger partial charge >= 0.3 is 0 Å². The Bertz CT molecular complexity index is 2690. The average Bonchev–Trinajstić information content (AvgIpc) is 3.90. The van der Waals surface area contributed by atoms with Gasteiger partial charge in [-0.05, 0) is 132 Å². The first-order chi connectivity index (χ1) is 24.7. The fraction of sp³-hybridized carbons (Fsp3) is 0.184. The molecule has 1 saturated carbocycles. The van der Waals surface area contributed by atoms with Gasteiger partial charge in [0.15, 0.2) is 0 Å². The third kappa shape index (κ3) is 4.26. The molecule has 4 unspecified atom stereocenters. The first kappa shape index (κ1) is 28.4. The van der Waals surface area contributed by atoms with Crippen LogP contribution in [0.15, 0.2) is 140 Å². The van der Waals surface area contributed by atoms with Crippen molar-refractivity contribution < 1.29 is 0 Å². The minimum atomic E-state index is 0.477. The number of rotatable bonds is 5. The molecule has 11 rings (SSSR count). The number of aromatic nitrogens is 1. The minimum absolute atomic E-state index is 0.477. The van der Waals surface area contributed by atoms with Crippen LogP contribution in [0.1, 0.15) is 54.5 Å². The highest BCUT2D eigenvalue weighted by atomic mass is 15.0. The van der Waals surface area contributed by atoms with Gasteiger partial charge in [-0.1, -0.05) is 134 Å². The van der Waals surface area contributed by atoms with Crippen molar-refractivity contribution in [1.82, 2.24) is 4.57 Å². The van der Waals surface area contributed by atoms with Crippen molar-refractivity contribution in [3.8, 4) is 11.1 Å². The van der Waals surface area contributed by atoms with Crippen LogP contribution in [0.4, 0.5) is 0 Å². The molecule has 4 aliphatic rings. The molecule has 0 spiro atoms. The average molecular weight is 642 g/mol. The Balaban J connectivity index is 0.957. The summed E-state index contributed by atoms with van der Waals surface area (Å²) >= 11 is 0. The molecule has 0 radical (unpaired) electrons. The Hall–Kier alpha value is -5.40. The van der Waals surface area contributed by atoms with Crippen LogP contribution in [0.5, 0.6) is 0 Å². The maximum atomic E-state index is 2.61. The number of para-hydroxylation sites is 1. The van der Waals surface area contributed by atoms with Crippen LogP contribution in [0.2, 0.25) is 0 Å². The highest BCUT2D eigenvalue weighted by Crippen LogP contribution is 2.55. The van der Waals surface area contributed by atoms with E-state index in [1.165, 1.54) is 88.7 Å². The zero-order valence-corrected chi connectivity index (χ0v) is 28.4. The van der Waals surface area contributed by atoms with Crippen molar-refractivity contribution in [3.05, 3.63) is 162 Å². The first-order valence-electron chi connectivity index (χ1n) is 18.6. The quantitative estimate of drug-likeness (QED) is 0.165. The van der Waals surface area contributed by atoms with Gasteiger partial charge in [-0.25, -0.2) is 0 Å². The molecule has 6 aromatic carbocycles. The topological polar surface area (TPSA) is 4.93 Å². The molecule has 1 nitrogen and oxygen atoms in total. The predicted molar refractivity (Wildman–Crippen MR) is 214 cm³/mol.